The fraction of sp³-hybridized carbons (Fsp3) is 0.821. The van der Waals surface area contributed by atoms with Crippen LogP contribution < -0.4 is 5.32 Å². The zero-order valence-corrected chi connectivity index (χ0v) is 23.1. The molecule has 1 saturated carbocycles. The van der Waals surface area contributed by atoms with Crippen molar-refractivity contribution in [1.29, 1.82) is 0 Å². The maximum absolute atomic E-state index is 13.9. The molecule has 1 saturated heterocycles. The second-order valence-electron chi connectivity index (χ2n) is 10.8. The molecule has 1 heterocycles. The van der Waals surface area contributed by atoms with E-state index in [9.17, 15) is 14.4 Å². The molecule has 0 aromatic rings. The number of esters is 1. The van der Waals surface area contributed by atoms with Crippen molar-refractivity contribution in [3.8, 4) is 0 Å². The van der Waals surface area contributed by atoms with Gasteiger partial charge in [-0.3, -0.25) is 14.5 Å². The molecule has 1 aliphatic heterocycles. The summed E-state index contributed by atoms with van der Waals surface area (Å²) in [6.45, 7) is 13.2. The van der Waals surface area contributed by atoms with Crippen LogP contribution in [-0.4, -0.2) is 72.0 Å². The van der Waals surface area contributed by atoms with Gasteiger partial charge in [0.05, 0.1) is 18.7 Å². The summed E-state index contributed by atoms with van der Waals surface area (Å²) >= 11 is 0. The van der Waals surface area contributed by atoms with Crippen LogP contribution in [0, 0.1) is 11.8 Å². The van der Waals surface area contributed by atoms with Crippen molar-refractivity contribution < 1.29 is 19.1 Å². The van der Waals surface area contributed by atoms with E-state index in [2.05, 4.69) is 24.1 Å². The summed E-state index contributed by atoms with van der Waals surface area (Å²) in [6, 6.07) is -0.629. The number of ether oxygens (including phenoxy) is 1. The number of hydrogen-bond acceptors (Lipinski definition) is 5. The first kappa shape index (κ1) is 29.3. The lowest BCUT2D eigenvalue weighted by Gasteiger charge is -2.40. The van der Waals surface area contributed by atoms with Crippen LogP contribution in [0.5, 0.6) is 0 Å². The number of carbonyl (C=O) groups is 3. The highest BCUT2D eigenvalue weighted by molar-refractivity contribution is 5.91. The van der Waals surface area contributed by atoms with Gasteiger partial charge in [0.1, 0.15) is 6.04 Å². The molecule has 2 amide bonds. The van der Waals surface area contributed by atoms with E-state index in [0.717, 1.165) is 57.9 Å². The van der Waals surface area contributed by atoms with Gasteiger partial charge in [-0.1, -0.05) is 46.1 Å². The van der Waals surface area contributed by atoms with E-state index in [0.29, 0.717) is 18.2 Å². The molecule has 0 bridgehead atoms. The lowest BCUT2D eigenvalue weighted by atomic mass is 9.93. The standard InChI is InChI=1S/C28H49N3O4/c1-8-21(6)31-17-13-12-16-23(31)26(32)29-25(22-14-10-11-15-22)27(33)30(7)24(19(3)4)18-20(5)28(34)35-9-2/h18-19,21-25H,8-17H2,1-7H3,(H,29,32)/t21?,23?,24-,25+/m1/s1. The average molecular weight is 492 g/mol. The Morgan fingerprint density at radius 1 is 1.06 bits per heavy atom. The number of nitrogens with one attached hydrogen (secondary N) is 1. The zero-order chi connectivity index (χ0) is 26.1. The van der Waals surface area contributed by atoms with Gasteiger partial charge in [-0.25, -0.2) is 4.79 Å². The minimum Gasteiger partial charge on any atom is -0.463 e. The molecule has 7 heteroatoms. The highest BCUT2D eigenvalue weighted by atomic mass is 16.5. The second kappa shape index (κ2) is 14.0. The zero-order valence-electron chi connectivity index (χ0n) is 23.1. The van der Waals surface area contributed by atoms with Gasteiger partial charge in [0.2, 0.25) is 11.8 Å². The van der Waals surface area contributed by atoms with Gasteiger partial charge in [0.15, 0.2) is 0 Å². The highest BCUT2D eigenvalue weighted by Crippen LogP contribution is 2.30. The molecule has 0 radical (unpaired) electrons. The number of likely N-dealkylation sites (tertiary alicyclic amines) is 1. The van der Waals surface area contributed by atoms with E-state index in [1.54, 1.807) is 25.8 Å². The number of piperidine rings is 1. The van der Waals surface area contributed by atoms with Gasteiger partial charge in [-0.2, -0.15) is 0 Å². The third-order valence-corrected chi connectivity index (χ3v) is 7.93. The predicted octanol–water partition coefficient (Wildman–Crippen LogP) is 4.31. The van der Waals surface area contributed by atoms with E-state index in [1.165, 1.54) is 0 Å². The average Bonchev–Trinajstić information content (AvgIpc) is 3.38. The largest absolute Gasteiger partial charge is 0.463 e. The Kier molecular flexibility index (Phi) is 11.7. The summed E-state index contributed by atoms with van der Waals surface area (Å²) < 4.78 is 5.14. The quantitative estimate of drug-likeness (QED) is 0.344. The van der Waals surface area contributed by atoms with Crippen molar-refractivity contribution in [3.05, 3.63) is 11.6 Å². The Morgan fingerprint density at radius 3 is 2.26 bits per heavy atom. The first-order chi connectivity index (χ1) is 16.6. The van der Waals surface area contributed by atoms with Crippen LogP contribution in [0.3, 0.4) is 0 Å². The van der Waals surface area contributed by atoms with Gasteiger partial charge in [-0.05, 0) is 71.3 Å². The smallest absolute Gasteiger partial charge is 0.333 e. The first-order valence-electron chi connectivity index (χ1n) is 13.8. The molecule has 200 valence electrons. The Morgan fingerprint density at radius 2 is 1.69 bits per heavy atom. The molecule has 35 heavy (non-hydrogen) atoms. The van der Waals surface area contributed by atoms with Gasteiger partial charge in [0, 0.05) is 18.7 Å². The van der Waals surface area contributed by atoms with Crippen molar-refractivity contribution in [2.24, 2.45) is 11.8 Å². The Bertz CT molecular complexity index is 744. The third-order valence-electron chi connectivity index (χ3n) is 7.93. The summed E-state index contributed by atoms with van der Waals surface area (Å²) in [6.07, 6.45) is 9.91. The van der Waals surface area contributed by atoms with Gasteiger partial charge in [-0.15, -0.1) is 0 Å². The molecule has 4 atom stereocenters. The van der Waals surface area contributed by atoms with E-state index in [-0.39, 0.29) is 41.7 Å². The molecule has 0 aromatic heterocycles. The SMILES string of the molecule is CCOC(=O)C(C)=C[C@H](C(C)C)N(C)C(=O)[C@@H](NC(=O)C1CCCCN1C(C)CC)C1CCCC1. The summed E-state index contributed by atoms with van der Waals surface area (Å²) in [7, 11) is 1.79. The topological polar surface area (TPSA) is 79.0 Å². The van der Waals surface area contributed by atoms with Gasteiger partial charge in [0.25, 0.3) is 0 Å². The Hall–Kier alpha value is -1.89. The van der Waals surface area contributed by atoms with E-state index < -0.39 is 6.04 Å². The molecular formula is C28H49N3O4. The fourth-order valence-corrected chi connectivity index (χ4v) is 5.61. The summed E-state index contributed by atoms with van der Waals surface area (Å²) in [5.41, 5.74) is 0.498. The minimum absolute atomic E-state index is 0.0111. The van der Waals surface area contributed by atoms with Crippen molar-refractivity contribution in [2.45, 2.75) is 117 Å². The van der Waals surface area contributed by atoms with Crippen LogP contribution in [-0.2, 0) is 19.1 Å². The minimum atomic E-state index is -0.534. The van der Waals surface area contributed by atoms with E-state index in [4.69, 9.17) is 4.74 Å². The van der Waals surface area contributed by atoms with Crippen LogP contribution in [0.25, 0.3) is 0 Å². The van der Waals surface area contributed by atoms with Crippen molar-refractivity contribution in [1.82, 2.24) is 15.1 Å². The van der Waals surface area contributed by atoms with Crippen LogP contribution in [0.4, 0.5) is 0 Å². The summed E-state index contributed by atoms with van der Waals surface area (Å²) in [4.78, 5) is 43.7. The maximum atomic E-state index is 13.9. The molecule has 2 fully saturated rings. The summed E-state index contributed by atoms with van der Waals surface area (Å²) in [5, 5.41) is 3.22. The van der Waals surface area contributed by atoms with Crippen molar-refractivity contribution in [3.63, 3.8) is 0 Å². The van der Waals surface area contributed by atoms with Crippen LogP contribution in [0.15, 0.2) is 11.6 Å². The molecule has 2 unspecified atom stereocenters. The number of likely N-dealkylation sites (N-methyl/N-ethyl adjacent to an activating group) is 1. The molecule has 7 nitrogen and oxygen atoms in total. The highest BCUT2D eigenvalue weighted by Gasteiger charge is 2.39. The Labute approximate surface area is 213 Å². The molecule has 1 aliphatic carbocycles. The monoisotopic (exact) mass is 491 g/mol. The molecule has 1 N–H and O–H groups in total. The van der Waals surface area contributed by atoms with E-state index >= 15 is 0 Å². The third kappa shape index (κ3) is 7.80. The van der Waals surface area contributed by atoms with Gasteiger partial charge >= 0.3 is 5.97 Å². The summed E-state index contributed by atoms with van der Waals surface area (Å²) in [5.74, 6) is -0.183. The predicted molar refractivity (Wildman–Crippen MR) is 140 cm³/mol. The van der Waals surface area contributed by atoms with Crippen molar-refractivity contribution >= 4 is 17.8 Å². The number of rotatable bonds is 11. The molecule has 2 aliphatic rings. The molecule has 0 aromatic carbocycles. The Balaban J connectivity index is 2.25. The van der Waals surface area contributed by atoms with E-state index in [1.807, 2.05) is 19.9 Å². The first-order valence-corrected chi connectivity index (χ1v) is 13.8. The number of carbonyl (C=O) groups excluding carboxylic acids is 3. The normalized spacial score (nSPS) is 22.5. The molecule has 2 rings (SSSR count). The lowest BCUT2D eigenvalue weighted by molar-refractivity contribution is -0.141. The van der Waals surface area contributed by atoms with Crippen LogP contribution in [0.2, 0.25) is 0 Å². The number of hydrogen-bond donors (Lipinski definition) is 1. The second-order valence-corrected chi connectivity index (χ2v) is 10.8. The lowest BCUT2D eigenvalue weighted by Crippen LogP contribution is -2.59. The number of nitrogens with zero attached hydrogens (tertiary/aromatic N) is 2. The number of amides is 2. The maximum Gasteiger partial charge on any atom is 0.333 e. The van der Waals surface area contributed by atoms with Gasteiger partial charge < -0.3 is 15.0 Å². The molecular weight excluding hydrogens is 442 g/mol. The van der Waals surface area contributed by atoms with Crippen LogP contribution in [0.1, 0.15) is 92.9 Å². The fourth-order valence-electron chi connectivity index (χ4n) is 5.61. The van der Waals surface area contributed by atoms with Crippen molar-refractivity contribution in [2.75, 3.05) is 20.2 Å². The van der Waals surface area contributed by atoms with Crippen LogP contribution >= 0.6 is 0 Å². The molecule has 0 spiro atoms.